The molecule has 1 atom stereocenters. The lowest BCUT2D eigenvalue weighted by molar-refractivity contribution is -0.384. The standard InChI is InChI=1S/C14H18N4O3/c1-9(2)14(15)12-7-16-8-17(12)11-5-4-10(18(19)20)6-13(11)21-3/h4-9,14H,15H2,1-3H3. The molecule has 2 rings (SSSR count). The van der Waals surface area contributed by atoms with Crippen molar-refractivity contribution in [3.05, 3.63) is 46.5 Å². The summed E-state index contributed by atoms with van der Waals surface area (Å²) in [4.78, 5) is 14.5. The van der Waals surface area contributed by atoms with E-state index in [1.807, 2.05) is 13.8 Å². The van der Waals surface area contributed by atoms with Crippen LogP contribution in [0, 0.1) is 16.0 Å². The van der Waals surface area contributed by atoms with Crippen LogP contribution in [0.3, 0.4) is 0 Å². The largest absolute Gasteiger partial charge is 0.494 e. The first-order valence-electron chi connectivity index (χ1n) is 6.56. The molecule has 2 N–H and O–H groups in total. The number of nitrogens with two attached hydrogens (primary N) is 1. The number of nitro groups is 1. The highest BCUT2D eigenvalue weighted by atomic mass is 16.6. The molecule has 7 nitrogen and oxygen atoms in total. The van der Waals surface area contributed by atoms with Crippen LogP contribution in [0.25, 0.3) is 5.69 Å². The predicted molar refractivity (Wildman–Crippen MR) is 78.5 cm³/mol. The van der Waals surface area contributed by atoms with Crippen molar-refractivity contribution in [2.24, 2.45) is 11.7 Å². The second-order valence-corrected chi connectivity index (χ2v) is 5.07. The lowest BCUT2D eigenvalue weighted by atomic mass is 10.0. The van der Waals surface area contributed by atoms with Gasteiger partial charge in [0.1, 0.15) is 5.75 Å². The van der Waals surface area contributed by atoms with E-state index in [0.29, 0.717) is 11.4 Å². The minimum absolute atomic E-state index is 0.0228. The van der Waals surface area contributed by atoms with Crippen LogP contribution in [0.5, 0.6) is 5.75 Å². The van der Waals surface area contributed by atoms with Crippen molar-refractivity contribution in [2.75, 3.05) is 7.11 Å². The molecule has 112 valence electrons. The fourth-order valence-electron chi connectivity index (χ4n) is 2.07. The summed E-state index contributed by atoms with van der Waals surface area (Å²) in [6.45, 7) is 4.05. The Labute approximate surface area is 122 Å². The number of ether oxygens (including phenoxy) is 1. The van der Waals surface area contributed by atoms with Gasteiger partial charge in [-0.25, -0.2) is 4.98 Å². The summed E-state index contributed by atoms with van der Waals surface area (Å²) >= 11 is 0. The SMILES string of the molecule is COc1cc([N+](=O)[O-])ccc1-n1cncc1C(N)C(C)C. The van der Waals surface area contributed by atoms with Crippen LogP contribution in [-0.2, 0) is 0 Å². The van der Waals surface area contributed by atoms with Crippen LogP contribution >= 0.6 is 0 Å². The number of non-ortho nitro benzene ring substituents is 1. The van der Waals surface area contributed by atoms with E-state index in [-0.39, 0.29) is 17.6 Å². The number of hydrogen-bond acceptors (Lipinski definition) is 5. The zero-order valence-electron chi connectivity index (χ0n) is 12.2. The van der Waals surface area contributed by atoms with Crippen LogP contribution in [0.2, 0.25) is 0 Å². The lowest BCUT2D eigenvalue weighted by Crippen LogP contribution is -2.20. The molecule has 2 aromatic rings. The van der Waals surface area contributed by atoms with Crippen LogP contribution < -0.4 is 10.5 Å². The first kappa shape index (κ1) is 15.0. The number of hydrogen-bond donors (Lipinski definition) is 1. The maximum atomic E-state index is 10.8. The van der Waals surface area contributed by atoms with Gasteiger partial charge in [0.05, 0.1) is 42.0 Å². The summed E-state index contributed by atoms with van der Waals surface area (Å²) in [6.07, 6.45) is 3.33. The third-order valence-corrected chi connectivity index (χ3v) is 3.36. The fourth-order valence-corrected chi connectivity index (χ4v) is 2.07. The lowest BCUT2D eigenvalue weighted by Gasteiger charge is -2.19. The van der Waals surface area contributed by atoms with Crippen molar-refractivity contribution in [3.63, 3.8) is 0 Å². The predicted octanol–water partition coefficient (Wildman–Crippen LogP) is 2.44. The number of nitrogens with zero attached hydrogens (tertiary/aromatic N) is 3. The number of methoxy groups -OCH3 is 1. The third-order valence-electron chi connectivity index (χ3n) is 3.36. The van der Waals surface area contributed by atoms with Crippen LogP contribution in [0.1, 0.15) is 25.6 Å². The Bertz CT molecular complexity index is 651. The number of nitro benzene ring substituents is 1. The number of rotatable bonds is 5. The molecule has 0 radical (unpaired) electrons. The van der Waals surface area contributed by atoms with Crippen LogP contribution in [0.15, 0.2) is 30.7 Å². The zero-order valence-corrected chi connectivity index (χ0v) is 12.2. The van der Waals surface area contributed by atoms with E-state index in [4.69, 9.17) is 10.5 Å². The fraction of sp³-hybridized carbons (Fsp3) is 0.357. The Hall–Kier alpha value is -2.41. The maximum absolute atomic E-state index is 10.8. The highest BCUT2D eigenvalue weighted by Gasteiger charge is 2.19. The molecule has 1 aromatic heterocycles. The smallest absolute Gasteiger partial charge is 0.273 e. The summed E-state index contributed by atoms with van der Waals surface area (Å²) in [7, 11) is 1.47. The summed E-state index contributed by atoms with van der Waals surface area (Å²) in [6, 6.07) is 4.27. The molecule has 1 unspecified atom stereocenters. The van der Waals surface area contributed by atoms with E-state index in [1.165, 1.54) is 19.2 Å². The van der Waals surface area contributed by atoms with Gasteiger partial charge in [0.25, 0.3) is 5.69 Å². The Morgan fingerprint density at radius 3 is 2.71 bits per heavy atom. The summed E-state index contributed by atoms with van der Waals surface area (Å²) in [5, 5.41) is 10.8. The van der Waals surface area contributed by atoms with Gasteiger partial charge in [0, 0.05) is 12.1 Å². The Balaban J connectivity index is 2.52. The monoisotopic (exact) mass is 290 g/mol. The van der Waals surface area contributed by atoms with Gasteiger partial charge in [-0.3, -0.25) is 14.7 Å². The Morgan fingerprint density at radius 2 is 2.14 bits per heavy atom. The molecule has 0 bridgehead atoms. The molecule has 21 heavy (non-hydrogen) atoms. The summed E-state index contributed by atoms with van der Waals surface area (Å²) in [5.41, 5.74) is 7.66. The van der Waals surface area contributed by atoms with Gasteiger partial charge in [0.15, 0.2) is 0 Å². The molecular weight excluding hydrogens is 272 g/mol. The van der Waals surface area contributed by atoms with E-state index in [0.717, 1.165) is 5.69 Å². The van der Waals surface area contributed by atoms with E-state index >= 15 is 0 Å². The number of aromatic nitrogens is 2. The van der Waals surface area contributed by atoms with Crippen molar-refractivity contribution >= 4 is 5.69 Å². The van der Waals surface area contributed by atoms with Gasteiger partial charge in [-0.2, -0.15) is 0 Å². The molecule has 0 aliphatic carbocycles. The van der Waals surface area contributed by atoms with Gasteiger partial charge < -0.3 is 10.5 Å². The van der Waals surface area contributed by atoms with Crippen molar-refractivity contribution in [2.45, 2.75) is 19.9 Å². The van der Waals surface area contributed by atoms with E-state index in [1.54, 1.807) is 23.2 Å². The summed E-state index contributed by atoms with van der Waals surface area (Å²) in [5.74, 6) is 0.642. The molecule has 0 spiro atoms. The average molecular weight is 290 g/mol. The first-order chi connectivity index (χ1) is 9.95. The molecule has 1 heterocycles. The van der Waals surface area contributed by atoms with Gasteiger partial charge in [-0.05, 0) is 12.0 Å². The van der Waals surface area contributed by atoms with Gasteiger partial charge in [0.2, 0.25) is 0 Å². The minimum Gasteiger partial charge on any atom is -0.494 e. The van der Waals surface area contributed by atoms with Gasteiger partial charge in [-0.1, -0.05) is 13.8 Å². The van der Waals surface area contributed by atoms with E-state index < -0.39 is 4.92 Å². The van der Waals surface area contributed by atoms with Crippen molar-refractivity contribution in [3.8, 4) is 11.4 Å². The Morgan fingerprint density at radius 1 is 1.43 bits per heavy atom. The van der Waals surface area contributed by atoms with Gasteiger partial charge >= 0.3 is 0 Å². The van der Waals surface area contributed by atoms with Crippen molar-refractivity contribution in [1.82, 2.24) is 9.55 Å². The number of benzene rings is 1. The third kappa shape index (κ3) is 2.87. The molecule has 0 aliphatic rings. The first-order valence-corrected chi connectivity index (χ1v) is 6.56. The second-order valence-electron chi connectivity index (χ2n) is 5.07. The zero-order chi connectivity index (χ0) is 15.6. The molecule has 1 aromatic carbocycles. The van der Waals surface area contributed by atoms with Crippen LogP contribution in [0.4, 0.5) is 5.69 Å². The molecule has 7 heteroatoms. The number of imidazole rings is 1. The average Bonchev–Trinajstić information content (AvgIpc) is 2.94. The minimum atomic E-state index is -0.457. The molecular formula is C14H18N4O3. The van der Waals surface area contributed by atoms with Crippen molar-refractivity contribution in [1.29, 1.82) is 0 Å². The Kier molecular flexibility index (Phi) is 4.23. The van der Waals surface area contributed by atoms with E-state index in [2.05, 4.69) is 4.98 Å². The highest BCUT2D eigenvalue weighted by molar-refractivity contribution is 5.54. The maximum Gasteiger partial charge on any atom is 0.273 e. The molecule has 0 aliphatic heterocycles. The molecule has 0 saturated heterocycles. The van der Waals surface area contributed by atoms with E-state index in [9.17, 15) is 10.1 Å². The van der Waals surface area contributed by atoms with Crippen molar-refractivity contribution < 1.29 is 9.66 Å². The van der Waals surface area contributed by atoms with Gasteiger partial charge in [-0.15, -0.1) is 0 Å². The highest BCUT2D eigenvalue weighted by Crippen LogP contribution is 2.30. The molecule has 0 fully saturated rings. The molecule has 0 saturated carbocycles. The normalized spacial score (nSPS) is 12.4. The van der Waals surface area contributed by atoms with Crippen LogP contribution in [-0.4, -0.2) is 21.6 Å². The quantitative estimate of drug-likeness (QED) is 0.674. The molecule has 0 amide bonds. The summed E-state index contributed by atoms with van der Waals surface area (Å²) < 4.78 is 7.06. The topological polar surface area (TPSA) is 96.2 Å². The second kappa shape index (κ2) is 5.92.